The molecule has 1 rings (SSSR count). The molecule has 1 amide bonds. The normalized spacial score (nSPS) is 14.4. The average molecular weight is 282 g/mol. The van der Waals surface area contributed by atoms with E-state index in [0.717, 1.165) is 6.42 Å². The summed E-state index contributed by atoms with van der Waals surface area (Å²) in [6, 6.07) is 4.24. The molecule has 2 atom stereocenters. The molecule has 19 heavy (non-hydrogen) atoms. The molecule has 0 spiro atoms. The zero-order valence-electron chi connectivity index (χ0n) is 12.4. The molecule has 2 unspecified atom stereocenters. The number of carbonyl (C=O) groups is 1. The van der Waals surface area contributed by atoms with Crippen molar-refractivity contribution in [2.75, 3.05) is 13.6 Å². The van der Waals surface area contributed by atoms with E-state index < -0.39 is 0 Å². The Morgan fingerprint density at radius 3 is 2.58 bits per heavy atom. The second-order valence-electron chi connectivity index (χ2n) is 5.63. The zero-order valence-corrected chi connectivity index (χ0v) is 13.2. The maximum Gasteiger partial charge on any atom is 0.223 e. The smallest absolute Gasteiger partial charge is 0.223 e. The predicted molar refractivity (Wildman–Crippen MR) is 82.1 cm³/mol. The van der Waals surface area contributed by atoms with Crippen LogP contribution < -0.4 is 5.73 Å². The van der Waals surface area contributed by atoms with Crippen molar-refractivity contribution in [2.45, 2.75) is 39.7 Å². The van der Waals surface area contributed by atoms with Gasteiger partial charge in [0.2, 0.25) is 5.91 Å². The molecule has 0 fully saturated rings. The van der Waals surface area contributed by atoms with E-state index in [1.807, 2.05) is 23.4 Å². The molecule has 1 aromatic heterocycles. The van der Waals surface area contributed by atoms with Gasteiger partial charge in [-0.05, 0) is 43.2 Å². The second-order valence-corrected chi connectivity index (χ2v) is 6.61. The molecule has 0 aliphatic heterocycles. The monoisotopic (exact) mass is 282 g/mol. The molecule has 0 radical (unpaired) electrons. The fourth-order valence-electron chi connectivity index (χ4n) is 2.26. The Bertz CT molecular complexity index is 376. The van der Waals surface area contributed by atoms with Crippen molar-refractivity contribution in [3.63, 3.8) is 0 Å². The van der Waals surface area contributed by atoms with Gasteiger partial charge in [-0.1, -0.05) is 19.9 Å². The van der Waals surface area contributed by atoms with Crippen LogP contribution in [-0.2, 0) is 4.79 Å². The highest BCUT2D eigenvalue weighted by molar-refractivity contribution is 7.10. The van der Waals surface area contributed by atoms with Gasteiger partial charge in [0.1, 0.15) is 0 Å². The SMILES string of the molecule is CC(C)CC(CN)CC(=O)N(C)C(C)c1cccs1. The number of hydrogen-bond acceptors (Lipinski definition) is 3. The minimum Gasteiger partial charge on any atom is -0.338 e. The topological polar surface area (TPSA) is 46.3 Å². The molecule has 0 saturated carbocycles. The van der Waals surface area contributed by atoms with E-state index in [1.165, 1.54) is 4.88 Å². The van der Waals surface area contributed by atoms with Crippen LogP contribution >= 0.6 is 11.3 Å². The molecular formula is C15H26N2OS. The van der Waals surface area contributed by atoms with Crippen molar-refractivity contribution in [2.24, 2.45) is 17.6 Å². The summed E-state index contributed by atoms with van der Waals surface area (Å²) < 4.78 is 0. The highest BCUT2D eigenvalue weighted by Crippen LogP contribution is 2.25. The van der Waals surface area contributed by atoms with E-state index in [0.29, 0.717) is 24.8 Å². The van der Waals surface area contributed by atoms with Crippen LogP contribution in [0.1, 0.15) is 44.5 Å². The van der Waals surface area contributed by atoms with Gasteiger partial charge in [0.05, 0.1) is 6.04 Å². The first-order valence-corrected chi connectivity index (χ1v) is 7.82. The Balaban J connectivity index is 2.56. The highest BCUT2D eigenvalue weighted by atomic mass is 32.1. The fourth-order valence-corrected chi connectivity index (χ4v) is 3.08. The Hall–Kier alpha value is -0.870. The third-order valence-electron chi connectivity index (χ3n) is 3.53. The molecular weight excluding hydrogens is 256 g/mol. The first-order valence-electron chi connectivity index (χ1n) is 6.94. The van der Waals surface area contributed by atoms with Crippen LogP contribution in [0.15, 0.2) is 17.5 Å². The van der Waals surface area contributed by atoms with Gasteiger partial charge in [-0.3, -0.25) is 4.79 Å². The Labute approximate surface area is 120 Å². The lowest BCUT2D eigenvalue weighted by molar-refractivity contribution is -0.132. The number of hydrogen-bond donors (Lipinski definition) is 1. The summed E-state index contributed by atoms with van der Waals surface area (Å²) in [5, 5.41) is 2.05. The van der Waals surface area contributed by atoms with Crippen LogP contribution in [0, 0.1) is 11.8 Å². The van der Waals surface area contributed by atoms with Gasteiger partial charge in [0, 0.05) is 18.3 Å². The van der Waals surface area contributed by atoms with E-state index in [9.17, 15) is 4.79 Å². The molecule has 1 heterocycles. The summed E-state index contributed by atoms with van der Waals surface area (Å²) in [6.07, 6.45) is 1.57. The van der Waals surface area contributed by atoms with Crippen LogP contribution in [0.3, 0.4) is 0 Å². The summed E-state index contributed by atoms with van der Waals surface area (Å²) in [5.74, 6) is 1.07. The third kappa shape index (κ3) is 4.96. The van der Waals surface area contributed by atoms with Gasteiger partial charge in [0.25, 0.3) is 0 Å². The predicted octanol–water partition coefficient (Wildman–Crippen LogP) is 3.28. The number of thiophene rings is 1. The van der Waals surface area contributed by atoms with Crippen molar-refractivity contribution in [1.29, 1.82) is 0 Å². The molecule has 0 aliphatic rings. The fraction of sp³-hybridized carbons (Fsp3) is 0.667. The van der Waals surface area contributed by atoms with Gasteiger partial charge >= 0.3 is 0 Å². The first-order chi connectivity index (χ1) is 8.95. The van der Waals surface area contributed by atoms with Gasteiger partial charge in [0.15, 0.2) is 0 Å². The number of carbonyl (C=O) groups excluding carboxylic acids is 1. The maximum absolute atomic E-state index is 12.3. The van der Waals surface area contributed by atoms with Crippen molar-refractivity contribution in [3.8, 4) is 0 Å². The molecule has 0 saturated heterocycles. The van der Waals surface area contributed by atoms with Crippen LogP contribution in [0.4, 0.5) is 0 Å². The van der Waals surface area contributed by atoms with Crippen LogP contribution in [0.25, 0.3) is 0 Å². The molecule has 0 bridgehead atoms. The molecule has 3 nitrogen and oxygen atoms in total. The molecule has 0 aromatic carbocycles. The zero-order chi connectivity index (χ0) is 14.4. The number of amides is 1. The van der Waals surface area contributed by atoms with Crippen molar-refractivity contribution in [1.82, 2.24) is 4.90 Å². The van der Waals surface area contributed by atoms with Crippen molar-refractivity contribution >= 4 is 17.2 Å². The third-order valence-corrected chi connectivity index (χ3v) is 4.57. The standard InChI is InChI=1S/C15H26N2OS/c1-11(2)8-13(10-16)9-15(18)17(4)12(3)14-6-5-7-19-14/h5-7,11-13H,8-10,16H2,1-4H3. The second kappa shape index (κ2) is 7.65. The average Bonchev–Trinajstić information content (AvgIpc) is 2.89. The first kappa shape index (κ1) is 16.2. The molecule has 4 heteroatoms. The lowest BCUT2D eigenvalue weighted by atomic mass is 9.93. The largest absolute Gasteiger partial charge is 0.338 e. The van der Waals surface area contributed by atoms with E-state index in [-0.39, 0.29) is 11.9 Å². The highest BCUT2D eigenvalue weighted by Gasteiger charge is 2.21. The quantitative estimate of drug-likeness (QED) is 0.834. The summed E-state index contributed by atoms with van der Waals surface area (Å²) in [7, 11) is 1.88. The van der Waals surface area contributed by atoms with E-state index in [1.54, 1.807) is 11.3 Å². The molecule has 108 valence electrons. The van der Waals surface area contributed by atoms with Gasteiger partial charge < -0.3 is 10.6 Å². The lowest BCUT2D eigenvalue weighted by Crippen LogP contribution is -2.32. The summed E-state index contributed by atoms with van der Waals surface area (Å²) in [4.78, 5) is 15.4. The maximum atomic E-state index is 12.3. The number of nitrogens with two attached hydrogens (primary N) is 1. The van der Waals surface area contributed by atoms with Crippen LogP contribution in [-0.4, -0.2) is 24.4 Å². The lowest BCUT2D eigenvalue weighted by Gasteiger charge is -2.26. The molecule has 2 N–H and O–H groups in total. The van der Waals surface area contributed by atoms with Gasteiger partial charge in [-0.2, -0.15) is 0 Å². The summed E-state index contributed by atoms with van der Waals surface area (Å²) in [5.41, 5.74) is 5.77. The van der Waals surface area contributed by atoms with Gasteiger partial charge in [-0.25, -0.2) is 0 Å². The Morgan fingerprint density at radius 1 is 1.42 bits per heavy atom. The molecule has 0 aliphatic carbocycles. The van der Waals surface area contributed by atoms with E-state index in [4.69, 9.17) is 5.73 Å². The minimum atomic E-state index is 0.143. The minimum absolute atomic E-state index is 0.143. The van der Waals surface area contributed by atoms with Gasteiger partial charge in [-0.15, -0.1) is 11.3 Å². The number of rotatable bonds is 7. The van der Waals surface area contributed by atoms with E-state index >= 15 is 0 Å². The Morgan fingerprint density at radius 2 is 2.11 bits per heavy atom. The summed E-state index contributed by atoms with van der Waals surface area (Å²) in [6.45, 7) is 7.00. The summed E-state index contributed by atoms with van der Waals surface area (Å²) >= 11 is 1.69. The van der Waals surface area contributed by atoms with E-state index in [2.05, 4.69) is 26.8 Å². The Kier molecular flexibility index (Phi) is 6.52. The van der Waals surface area contributed by atoms with Crippen molar-refractivity contribution in [3.05, 3.63) is 22.4 Å². The van der Waals surface area contributed by atoms with Crippen LogP contribution in [0.2, 0.25) is 0 Å². The van der Waals surface area contributed by atoms with Crippen LogP contribution in [0.5, 0.6) is 0 Å². The van der Waals surface area contributed by atoms with Crippen molar-refractivity contribution < 1.29 is 4.79 Å². The molecule has 1 aromatic rings. The number of nitrogens with zero attached hydrogens (tertiary/aromatic N) is 1.